The fraction of sp³-hybridized carbons (Fsp3) is 0.0625. The molecule has 3 aromatic rings. The first-order valence-corrected chi connectivity index (χ1v) is 7.05. The molecule has 94 valence electrons. The summed E-state index contributed by atoms with van der Waals surface area (Å²) in [6.45, 7) is 0. The second-order valence-corrected chi connectivity index (χ2v) is 5.39. The Labute approximate surface area is 125 Å². The van der Waals surface area contributed by atoms with Crippen molar-refractivity contribution in [3.05, 3.63) is 58.3 Å². The first-order chi connectivity index (χ1) is 9.29. The zero-order valence-electron chi connectivity index (χ0n) is 10.4. The number of aromatic nitrogens is 1. The number of methoxy groups -OCH3 is 1. The van der Waals surface area contributed by atoms with Crippen LogP contribution in [0.4, 0.5) is 0 Å². The van der Waals surface area contributed by atoms with Gasteiger partial charge in [-0.15, -0.1) is 0 Å². The molecule has 0 aliphatic heterocycles. The average molecular weight is 361 g/mol. The molecule has 2 nitrogen and oxygen atoms in total. The summed E-state index contributed by atoms with van der Waals surface area (Å²) in [5, 5.41) is 1.12. The van der Waals surface area contributed by atoms with Crippen LogP contribution >= 0.6 is 22.6 Å². The molecule has 0 N–H and O–H groups in total. The van der Waals surface area contributed by atoms with Crippen LogP contribution in [-0.4, -0.2) is 12.1 Å². The number of halogens is 1. The summed E-state index contributed by atoms with van der Waals surface area (Å²) >= 11 is 2.33. The van der Waals surface area contributed by atoms with E-state index < -0.39 is 0 Å². The van der Waals surface area contributed by atoms with Crippen molar-refractivity contribution in [2.75, 3.05) is 7.11 Å². The van der Waals surface area contributed by atoms with Gasteiger partial charge in [0.2, 0.25) is 0 Å². The molecule has 0 bridgehead atoms. The van der Waals surface area contributed by atoms with E-state index in [1.165, 1.54) is 11.1 Å². The van der Waals surface area contributed by atoms with Gasteiger partial charge in [-0.3, -0.25) is 4.98 Å². The standard InChI is InChI=1S/C16H12INO/c1-19-12-7-8-15-13(9-12)16(14(17)10-18-15)11-5-3-2-4-6-11/h2-10H,1H3. The van der Waals surface area contributed by atoms with E-state index in [2.05, 4.69) is 51.8 Å². The van der Waals surface area contributed by atoms with Crippen molar-refractivity contribution in [2.45, 2.75) is 0 Å². The van der Waals surface area contributed by atoms with Gasteiger partial charge in [-0.1, -0.05) is 30.3 Å². The molecule has 0 radical (unpaired) electrons. The summed E-state index contributed by atoms with van der Waals surface area (Å²) in [6.07, 6.45) is 1.91. The van der Waals surface area contributed by atoms with E-state index >= 15 is 0 Å². The maximum Gasteiger partial charge on any atom is 0.119 e. The predicted octanol–water partition coefficient (Wildman–Crippen LogP) is 4.52. The molecule has 1 heterocycles. The van der Waals surface area contributed by atoms with E-state index in [0.29, 0.717) is 0 Å². The Bertz CT molecular complexity index is 725. The molecule has 0 saturated heterocycles. The van der Waals surface area contributed by atoms with Gasteiger partial charge >= 0.3 is 0 Å². The first-order valence-electron chi connectivity index (χ1n) is 5.97. The highest BCUT2D eigenvalue weighted by Gasteiger charge is 2.10. The van der Waals surface area contributed by atoms with Gasteiger partial charge in [0.1, 0.15) is 5.75 Å². The summed E-state index contributed by atoms with van der Waals surface area (Å²) in [4.78, 5) is 4.48. The Morgan fingerprint density at radius 3 is 2.58 bits per heavy atom. The van der Waals surface area contributed by atoms with Crippen molar-refractivity contribution in [3.8, 4) is 16.9 Å². The molecule has 0 spiro atoms. The second-order valence-electron chi connectivity index (χ2n) is 4.23. The fourth-order valence-electron chi connectivity index (χ4n) is 2.17. The molecule has 0 saturated carbocycles. The van der Waals surface area contributed by atoms with Gasteiger partial charge in [-0.25, -0.2) is 0 Å². The van der Waals surface area contributed by atoms with Crippen molar-refractivity contribution in [1.29, 1.82) is 0 Å². The van der Waals surface area contributed by atoms with E-state index in [1.54, 1.807) is 7.11 Å². The van der Waals surface area contributed by atoms with E-state index in [-0.39, 0.29) is 0 Å². The largest absolute Gasteiger partial charge is 0.497 e. The second kappa shape index (κ2) is 5.17. The molecule has 19 heavy (non-hydrogen) atoms. The van der Waals surface area contributed by atoms with Gasteiger partial charge in [0.05, 0.1) is 12.6 Å². The van der Waals surface area contributed by atoms with Crippen LogP contribution in [0, 0.1) is 3.57 Å². The highest BCUT2D eigenvalue weighted by Crippen LogP contribution is 2.33. The Balaban J connectivity index is 2.35. The molecule has 0 aliphatic rings. The SMILES string of the molecule is COc1ccc2ncc(I)c(-c3ccccc3)c2c1. The number of ether oxygens (including phenoxy) is 1. The van der Waals surface area contributed by atoms with Crippen molar-refractivity contribution >= 4 is 33.5 Å². The molecule has 0 unspecified atom stereocenters. The monoisotopic (exact) mass is 361 g/mol. The van der Waals surface area contributed by atoms with Gasteiger partial charge in [0.15, 0.2) is 0 Å². The van der Waals surface area contributed by atoms with Crippen LogP contribution < -0.4 is 4.74 Å². The smallest absolute Gasteiger partial charge is 0.119 e. The molecule has 0 fully saturated rings. The molecule has 2 aromatic carbocycles. The van der Waals surface area contributed by atoms with Crippen molar-refractivity contribution in [2.24, 2.45) is 0 Å². The van der Waals surface area contributed by atoms with Crippen LogP contribution in [0.5, 0.6) is 5.75 Å². The van der Waals surface area contributed by atoms with Crippen LogP contribution in [0.1, 0.15) is 0 Å². The van der Waals surface area contributed by atoms with Crippen molar-refractivity contribution in [3.63, 3.8) is 0 Å². The van der Waals surface area contributed by atoms with Gasteiger partial charge in [0, 0.05) is 20.7 Å². The minimum atomic E-state index is 0.855. The quantitative estimate of drug-likeness (QED) is 0.627. The average Bonchev–Trinajstić information content (AvgIpc) is 2.47. The molecule has 3 heteroatoms. The summed E-state index contributed by atoms with van der Waals surface area (Å²) in [7, 11) is 1.69. The molecule has 0 atom stereocenters. The highest BCUT2D eigenvalue weighted by atomic mass is 127. The lowest BCUT2D eigenvalue weighted by Gasteiger charge is -2.10. The Morgan fingerprint density at radius 2 is 1.84 bits per heavy atom. The third-order valence-corrected chi connectivity index (χ3v) is 3.91. The van der Waals surface area contributed by atoms with Crippen LogP contribution in [0.2, 0.25) is 0 Å². The van der Waals surface area contributed by atoms with Crippen LogP contribution in [0.15, 0.2) is 54.7 Å². The Kier molecular flexibility index (Phi) is 3.38. The number of nitrogens with zero attached hydrogens (tertiary/aromatic N) is 1. The van der Waals surface area contributed by atoms with E-state index in [0.717, 1.165) is 20.2 Å². The highest BCUT2D eigenvalue weighted by molar-refractivity contribution is 14.1. The fourth-order valence-corrected chi connectivity index (χ4v) is 2.91. The Hall–Kier alpha value is -1.62. The summed E-state index contributed by atoms with van der Waals surface area (Å²) < 4.78 is 6.47. The maximum absolute atomic E-state index is 5.32. The number of hydrogen-bond donors (Lipinski definition) is 0. The lowest BCUT2D eigenvalue weighted by Crippen LogP contribution is -1.90. The minimum absolute atomic E-state index is 0.855. The van der Waals surface area contributed by atoms with Crippen LogP contribution in [0.25, 0.3) is 22.0 Å². The summed E-state index contributed by atoms with van der Waals surface area (Å²) in [6, 6.07) is 16.4. The molecular weight excluding hydrogens is 349 g/mol. The first kappa shape index (κ1) is 12.4. The number of hydrogen-bond acceptors (Lipinski definition) is 2. The number of benzene rings is 2. The van der Waals surface area contributed by atoms with Gasteiger partial charge < -0.3 is 4.74 Å². The van der Waals surface area contributed by atoms with E-state index in [9.17, 15) is 0 Å². The molecule has 3 rings (SSSR count). The molecular formula is C16H12INO. The molecule has 0 amide bonds. The third-order valence-electron chi connectivity index (χ3n) is 3.09. The summed E-state index contributed by atoms with van der Waals surface area (Å²) in [5.41, 5.74) is 3.40. The van der Waals surface area contributed by atoms with Gasteiger partial charge in [0.25, 0.3) is 0 Å². The number of fused-ring (bicyclic) bond motifs is 1. The van der Waals surface area contributed by atoms with Gasteiger partial charge in [-0.05, 0) is 46.4 Å². The number of rotatable bonds is 2. The topological polar surface area (TPSA) is 22.1 Å². The lowest BCUT2D eigenvalue weighted by atomic mass is 10.0. The van der Waals surface area contributed by atoms with Crippen LogP contribution in [0.3, 0.4) is 0 Å². The van der Waals surface area contributed by atoms with Crippen molar-refractivity contribution in [1.82, 2.24) is 4.98 Å². The summed E-state index contributed by atoms with van der Waals surface area (Å²) in [5.74, 6) is 0.855. The molecule has 1 aromatic heterocycles. The zero-order valence-corrected chi connectivity index (χ0v) is 12.6. The normalized spacial score (nSPS) is 10.6. The van der Waals surface area contributed by atoms with E-state index in [1.807, 2.05) is 30.5 Å². The maximum atomic E-state index is 5.32. The zero-order chi connectivity index (χ0) is 13.2. The number of pyridine rings is 1. The molecule has 0 aliphatic carbocycles. The third kappa shape index (κ3) is 2.30. The van der Waals surface area contributed by atoms with Gasteiger partial charge in [-0.2, -0.15) is 0 Å². The predicted molar refractivity (Wildman–Crippen MR) is 86.4 cm³/mol. The van der Waals surface area contributed by atoms with E-state index in [4.69, 9.17) is 4.74 Å². The van der Waals surface area contributed by atoms with Crippen LogP contribution in [-0.2, 0) is 0 Å². The minimum Gasteiger partial charge on any atom is -0.497 e. The lowest BCUT2D eigenvalue weighted by molar-refractivity contribution is 0.415. The Morgan fingerprint density at radius 1 is 1.05 bits per heavy atom. The van der Waals surface area contributed by atoms with Crippen molar-refractivity contribution < 1.29 is 4.74 Å².